The Hall–Kier alpha value is -2.68. The van der Waals surface area contributed by atoms with E-state index in [1.54, 1.807) is 30.3 Å². The molecule has 150 valence electrons. The topological polar surface area (TPSA) is 83.5 Å². The molecule has 0 unspecified atom stereocenters. The number of carbonyl (C=O) groups is 2. The Labute approximate surface area is 162 Å². The normalized spacial score (nSPS) is 13.5. The lowest BCUT2D eigenvalue weighted by atomic mass is 10.1. The third-order valence-electron chi connectivity index (χ3n) is 3.88. The Morgan fingerprint density at radius 2 is 1.64 bits per heavy atom. The number of hydrogen-bond donors (Lipinski definition) is 2. The lowest BCUT2D eigenvalue weighted by Gasteiger charge is -2.14. The van der Waals surface area contributed by atoms with Gasteiger partial charge >= 0.3 is 12.1 Å². The van der Waals surface area contributed by atoms with Gasteiger partial charge in [0, 0.05) is 10.6 Å². The second kappa shape index (κ2) is 9.50. The molecule has 28 heavy (non-hydrogen) atoms. The Morgan fingerprint density at radius 1 is 1.04 bits per heavy atom. The fourth-order valence-electron chi connectivity index (χ4n) is 2.41. The van der Waals surface area contributed by atoms with Gasteiger partial charge in [-0.05, 0) is 36.2 Å². The number of carboxylic acid groups (broad SMARTS) is 1. The molecule has 0 radical (unpaired) electrons. The number of rotatable bonds is 8. The van der Waals surface area contributed by atoms with E-state index in [-0.39, 0.29) is 18.6 Å². The summed E-state index contributed by atoms with van der Waals surface area (Å²) in [6.07, 6.45) is -4.77. The Bertz CT molecular complexity index is 839. The summed E-state index contributed by atoms with van der Waals surface area (Å²) in [6.45, 7) is 0. The molecule has 1 amide bonds. The van der Waals surface area contributed by atoms with Gasteiger partial charge in [0.2, 0.25) is 5.91 Å². The molecule has 0 spiro atoms. The molecule has 0 heterocycles. The number of aliphatic carboxylic acids is 1. The van der Waals surface area contributed by atoms with Crippen molar-refractivity contribution in [2.45, 2.75) is 30.0 Å². The van der Waals surface area contributed by atoms with Crippen LogP contribution >= 0.6 is 0 Å². The van der Waals surface area contributed by atoms with E-state index < -0.39 is 40.5 Å². The summed E-state index contributed by atoms with van der Waals surface area (Å²) in [6, 6.07) is 11.3. The second-order valence-corrected chi connectivity index (χ2v) is 7.55. The molecule has 2 rings (SSSR count). The average molecular weight is 413 g/mol. The first kappa shape index (κ1) is 21.6. The van der Waals surface area contributed by atoms with Crippen molar-refractivity contribution in [1.29, 1.82) is 0 Å². The summed E-state index contributed by atoms with van der Waals surface area (Å²) in [4.78, 5) is 24.0. The summed E-state index contributed by atoms with van der Waals surface area (Å²) >= 11 is 0. The zero-order valence-electron chi connectivity index (χ0n) is 14.6. The number of alkyl halides is 3. The molecule has 2 N–H and O–H groups in total. The quantitative estimate of drug-likeness (QED) is 0.697. The van der Waals surface area contributed by atoms with Crippen LogP contribution in [0.3, 0.4) is 0 Å². The molecule has 0 aliphatic carbocycles. The van der Waals surface area contributed by atoms with Crippen LogP contribution in [0.2, 0.25) is 0 Å². The highest BCUT2D eigenvalue weighted by molar-refractivity contribution is 7.85. The molecular formula is C19H18F3NO4S. The molecule has 2 aromatic carbocycles. The summed E-state index contributed by atoms with van der Waals surface area (Å²) in [5.74, 6) is -1.87. The smallest absolute Gasteiger partial charge is 0.416 e. The fraction of sp³-hybridized carbons (Fsp3) is 0.263. The van der Waals surface area contributed by atoms with E-state index in [0.29, 0.717) is 10.5 Å². The van der Waals surface area contributed by atoms with Crippen LogP contribution in [0, 0.1) is 0 Å². The van der Waals surface area contributed by atoms with Crippen LogP contribution in [-0.4, -0.2) is 33.0 Å². The van der Waals surface area contributed by atoms with Crippen molar-refractivity contribution in [2.75, 3.05) is 5.75 Å². The number of benzene rings is 2. The van der Waals surface area contributed by atoms with E-state index in [9.17, 15) is 32.1 Å². The maximum atomic E-state index is 12.5. The highest BCUT2D eigenvalue weighted by atomic mass is 32.2. The molecule has 0 aliphatic rings. The monoisotopic (exact) mass is 413 g/mol. The van der Waals surface area contributed by atoms with E-state index in [4.69, 9.17) is 0 Å². The SMILES string of the molecule is O=C(Cc1ccc(C(F)(F)F)cc1)N[C@H](CC[S@@](=O)c1ccccc1)C(=O)O. The maximum Gasteiger partial charge on any atom is 0.416 e. The molecule has 0 aliphatic heterocycles. The van der Waals surface area contributed by atoms with Gasteiger partial charge in [0.1, 0.15) is 6.04 Å². The first-order valence-electron chi connectivity index (χ1n) is 8.28. The number of hydrogen-bond acceptors (Lipinski definition) is 3. The summed E-state index contributed by atoms with van der Waals surface area (Å²) < 4.78 is 49.8. The second-order valence-electron chi connectivity index (χ2n) is 5.98. The molecule has 9 heteroatoms. The highest BCUT2D eigenvalue weighted by Crippen LogP contribution is 2.29. The van der Waals surface area contributed by atoms with Crippen LogP contribution in [0.1, 0.15) is 17.5 Å². The first-order valence-corrected chi connectivity index (χ1v) is 9.60. The Balaban J connectivity index is 1.91. The third-order valence-corrected chi connectivity index (χ3v) is 5.28. The Kier molecular flexibility index (Phi) is 7.33. The van der Waals surface area contributed by atoms with Crippen molar-refractivity contribution in [3.8, 4) is 0 Å². The fourth-order valence-corrected chi connectivity index (χ4v) is 3.56. The summed E-state index contributed by atoms with van der Waals surface area (Å²) in [5, 5.41) is 11.6. The van der Waals surface area contributed by atoms with Gasteiger partial charge in [0.05, 0.1) is 22.8 Å². The van der Waals surface area contributed by atoms with Gasteiger partial charge in [-0.1, -0.05) is 30.3 Å². The molecule has 0 bridgehead atoms. The van der Waals surface area contributed by atoms with Crippen molar-refractivity contribution in [3.05, 3.63) is 65.7 Å². The summed E-state index contributed by atoms with van der Waals surface area (Å²) in [7, 11) is -1.41. The van der Waals surface area contributed by atoms with Crippen molar-refractivity contribution in [1.82, 2.24) is 5.32 Å². The average Bonchev–Trinajstić information content (AvgIpc) is 2.65. The van der Waals surface area contributed by atoms with Gasteiger partial charge < -0.3 is 10.4 Å². The number of carbonyl (C=O) groups excluding carboxylic acids is 1. The molecular weight excluding hydrogens is 395 g/mol. The van der Waals surface area contributed by atoms with Crippen molar-refractivity contribution >= 4 is 22.7 Å². The highest BCUT2D eigenvalue weighted by Gasteiger charge is 2.30. The lowest BCUT2D eigenvalue weighted by Crippen LogP contribution is -2.42. The predicted molar refractivity (Wildman–Crippen MR) is 97.0 cm³/mol. The third kappa shape index (κ3) is 6.49. The zero-order valence-corrected chi connectivity index (χ0v) is 15.4. The van der Waals surface area contributed by atoms with E-state index in [1.165, 1.54) is 12.1 Å². The maximum absolute atomic E-state index is 12.5. The molecule has 0 aromatic heterocycles. The zero-order chi connectivity index (χ0) is 20.7. The van der Waals surface area contributed by atoms with Gasteiger partial charge in [-0.25, -0.2) is 4.79 Å². The minimum atomic E-state index is -4.47. The van der Waals surface area contributed by atoms with Crippen molar-refractivity contribution < 1.29 is 32.1 Å². The van der Waals surface area contributed by atoms with Crippen molar-refractivity contribution in [3.63, 3.8) is 0 Å². The standard InChI is InChI=1S/C19H18F3NO4S/c20-19(21,22)14-8-6-13(7-9-14)12-17(24)23-16(18(25)26)10-11-28(27)15-4-2-1-3-5-15/h1-9,16H,10-12H2,(H,23,24)(H,25,26)/t16-,28-/m1/s1. The minimum absolute atomic E-state index is 0.0432. The molecule has 2 aromatic rings. The van der Waals surface area contributed by atoms with Crippen LogP contribution in [-0.2, 0) is 33.0 Å². The van der Waals surface area contributed by atoms with Crippen LogP contribution in [0.4, 0.5) is 13.2 Å². The van der Waals surface area contributed by atoms with Crippen LogP contribution < -0.4 is 5.32 Å². The van der Waals surface area contributed by atoms with Crippen LogP contribution in [0.25, 0.3) is 0 Å². The molecule has 0 saturated heterocycles. The largest absolute Gasteiger partial charge is 0.480 e. The van der Waals surface area contributed by atoms with Crippen LogP contribution in [0.15, 0.2) is 59.5 Å². The Morgan fingerprint density at radius 3 is 2.18 bits per heavy atom. The van der Waals surface area contributed by atoms with E-state index in [1.807, 2.05) is 0 Å². The molecule has 0 fully saturated rings. The van der Waals surface area contributed by atoms with Crippen LogP contribution in [0.5, 0.6) is 0 Å². The number of halogens is 3. The molecule has 5 nitrogen and oxygen atoms in total. The predicted octanol–water partition coefficient (Wildman–Crippen LogP) is 3.02. The van der Waals surface area contributed by atoms with Crippen molar-refractivity contribution in [2.24, 2.45) is 0 Å². The van der Waals surface area contributed by atoms with Gasteiger partial charge in [-0.15, -0.1) is 0 Å². The number of nitrogens with one attached hydrogen (secondary N) is 1. The minimum Gasteiger partial charge on any atom is -0.480 e. The van der Waals surface area contributed by atoms with Gasteiger partial charge in [-0.3, -0.25) is 9.00 Å². The van der Waals surface area contributed by atoms with Gasteiger partial charge in [-0.2, -0.15) is 13.2 Å². The summed E-state index contributed by atoms with van der Waals surface area (Å²) in [5.41, 5.74) is -0.508. The molecule has 2 atom stereocenters. The van der Waals surface area contributed by atoms with E-state index in [0.717, 1.165) is 12.1 Å². The van der Waals surface area contributed by atoms with Gasteiger partial charge in [0.25, 0.3) is 0 Å². The number of amides is 1. The first-order chi connectivity index (χ1) is 13.2. The van der Waals surface area contributed by atoms with E-state index >= 15 is 0 Å². The number of carboxylic acids is 1. The molecule has 0 saturated carbocycles. The lowest BCUT2D eigenvalue weighted by molar-refractivity contribution is -0.141. The van der Waals surface area contributed by atoms with Gasteiger partial charge in [0.15, 0.2) is 0 Å². The van der Waals surface area contributed by atoms with E-state index in [2.05, 4.69) is 5.32 Å².